The van der Waals surface area contributed by atoms with E-state index in [0.717, 1.165) is 22.3 Å². The summed E-state index contributed by atoms with van der Waals surface area (Å²) in [6.07, 6.45) is 5.35. The Hall–Kier alpha value is -3.48. The largest absolute Gasteiger partial charge is 0.330 e. The number of imidazole rings is 1. The number of aryl methyl sites for hydroxylation is 1. The summed E-state index contributed by atoms with van der Waals surface area (Å²) in [7, 11) is 0. The summed E-state index contributed by atoms with van der Waals surface area (Å²) in [4.78, 5) is 20.5. The van der Waals surface area contributed by atoms with E-state index in [9.17, 15) is 4.79 Å². The molecule has 4 rings (SSSR count). The third-order valence-corrected chi connectivity index (χ3v) is 4.16. The number of aromatic nitrogens is 5. The molecule has 0 unspecified atom stereocenters. The van der Waals surface area contributed by atoms with Crippen molar-refractivity contribution >= 4 is 22.6 Å². The lowest BCUT2D eigenvalue weighted by Gasteiger charge is -2.08. The Bertz CT molecular complexity index is 1000. The molecule has 0 saturated carbocycles. The number of carbonyl (C=O) groups is 1. The Morgan fingerprint density at radius 2 is 1.88 bits per heavy atom. The summed E-state index contributed by atoms with van der Waals surface area (Å²) in [6.45, 7) is 1.25. The molecule has 2 aromatic heterocycles. The number of nitrogens with zero attached hydrogens (tertiary/aromatic N) is 5. The number of anilines is 1. The highest BCUT2D eigenvalue weighted by atomic mass is 16.1. The van der Waals surface area contributed by atoms with Crippen molar-refractivity contribution in [2.24, 2.45) is 0 Å². The minimum atomic E-state index is -0.0215. The molecule has 2 heterocycles. The second kappa shape index (κ2) is 7.18. The molecular formula is C19H18N6O. The third-order valence-electron chi connectivity index (χ3n) is 4.16. The highest BCUT2D eigenvalue weighted by Crippen LogP contribution is 2.13. The van der Waals surface area contributed by atoms with Gasteiger partial charge in [-0.05, 0) is 29.8 Å². The van der Waals surface area contributed by atoms with Gasteiger partial charge in [-0.3, -0.25) is 4.79 Å². The van der Waals surface area contributed by atoms with Gasteiger partial charge in [-0.1, -0.05) is 24.3 Å². The zero-order chi connectivity index (χ0) is 17.8. The first kappa shape index (κ1) is 16.0. The predicted molar refractivity (Wildman–Crippen MR) is 98.5 cm³/mol. The Morgan fingerprint density at radius 1 is 1.04 bits per heavy atom. The van der Waals surface area contributed by atoms with Crippen LogP contribution in [-0.4, -0.2) is 30.2 Å². The summed E-state index contributed by atoms with van der Waals surface area (Å²) in [5, 5.41) is 7.01. The van der Waals surface area contributed by atoms with Crippen LogP contribution >= 0.6 is 0 Å². The van der Waals surface area contributed by atoms with E-state index in [-0.39, 0.29) is 5.91 Å². The molecule has 130 valence electrons. The van der Waals surface area contributed by atoms with Gasteiger partial charge in [0.2, 0.25) is 5.91 Å². The number of benzene rings is 2. The maximum Gasteiger partial charge on any atom is 0.226 e. The van der Waals surface area contributed by atoms with E-state index in [0.29, 0.717) is 19.5 Å². The molecular weight excluding hydrogens is 328 g/mol. The number of hydrogen-bond acceptors (Lipinski definition) is 4. The zero-order valence-electron chi connectivity index (χ0n) is 14.1. The minimum Gasteiger partial charge on any atom is -0.330 e. The van der Waals surface area contributed by atoms with Crippen LogP contribution in [0.3, 0.4) is 0 Å². The SMILES string of the molecule is O=C(CCn1cnc2ccccc21)Nc1ccc(Cn2cncn2)cc1. The Balaban J connectivity index is 1.33. The lowest BCUT2D eigenvalue weighted by Crippen LogP contribution is -2.14. The second-order valence-electron chi connectivity index (χ2n) is 6.01. The van der Waals surface area contributed by atoms with E-state index < -0.39 is 0 Å². The number of para-hydroxylation sites is 2. The van der Waals surface area contributed by atoms with E-state index in [1.807, 2.05) is 53.1 Å². The molecule has 2 aromatic carbocycles. The Kier molecular flexibility index (Phi) is 4.42. The third kappa shape index (κ3) is 3.61. The van der Waals surface area contributed by atoms with Crippen LogP contribution in [0.2, 0.25) is 0 Å². The molecule has 7 heteroatoms. The van der Waals surface area contributed by atoms with Crippen molar-refractivity contribution in [2.75, 3.05) is 5.32 Å². The second-order valence-corrected chi connectivity index (χ2v) is 6.01. The predicted octanol–water partition coefficient (Wildman–Crippen LogP) is 2.70. The number of carbonyl (C=O) groups excluding carboxylic acids is 1. The fourth-order valence-electron chi connectivity index (χ4n) is 2.83. The molecule has 1 N–H and O–H groups in total. The van der Waals surface area contributed by atoms with Gasteiger partial charge in [-0.25, -0.2) is 14.6 Å². The molecule has 0 fully saturated rings. The highest BCUT2D eigenvalue weighted by molar-refractivity contribution is 5.90. The molecule has 7 nitrogen and oxygen atoms in total. The Labute approximate surface area is 150 Å². The van der Waals surface area contributed by atoms with E-state index >= 15 is 0 Å². The van der Waals surface area contributed by atoms with E-state index in [1.54, 1.807) is 17.3 Å². The highest BCUT2D eigenvalue weighted by Gasteiger charge is 2.06. The maximum atomic E-state index is 12.2. The van der Waals surface area contributed by atoms with Crippen LogP contribution in [0.4, 0.5) is 5.69 Å². The molecule has 0 spiro atoms. The van der Waals surface area contributed by atoms with Crippen molar-refractivity contribution in [1.82, 2.24) is 24.3 Å². The molecule has 0 saturated heterocycles. The van der Waals surface area contributed by atoms with Gasteiger partial charge in [0.15, 0.2) is 0 Å². The van der Waals surface area contributed by atoms with E-state index in [2.05, 4.69) is 20.4 Å². The summed E-state index contributed by atoms with van der Waals surface area (Å²) in [5.41, 5.74) is 3.86. The van der Waals surface area contributed by atoms with Crippen LogP contribution in [0.5, 0.6) is 0 Å². The van der Waals surface area contributed by atoms with Gasteiger partial charge in [0.05, 0.1) is 23.9 Å². The Morgan fingerprint density at radius 3 is 2.69 bits per heavy atom. The first-order chi connectivity index (χ1) is 12.8. The number of amides is 1. The van der Waals surface area contributed by atoms with Gasteiger partial charge in [0.1, 0.15) is 12.7 Å². The van der Waals surface area contributed by atoms with Crippen molar-refractivity contribution in [1.29, 1.82) is 0 Å². The topological polar surface area (TPSA) is 77.6 Å². The summed E-state index contributed by atoms with van der Waals surface area (Å²) in [6, 6.07) is 15.6. The number of hydrogen-bond donors (Lipinski definition) is 1. The van der Waals surface area contributed by atoms with Gasteiger partial charge >= 0.3 is 0 Å². The molecule has 26 heavy (non-hydrogen) atoms. The molecule has 0 aliphatic carbocycles. The first-order valence-corrected chi connectivity index (χ1v) is 8.39. The summed E-state index contributed by atoms with van der Waals surface area (Å²) < 4.78 is 3.75. The van der Waals surface area contributed by atoms with E-state index in [4.69, 9.17) is 0 Å². The fraction of sp³-hybridized carbons (Fsp3) is 0.158. The van der Waals surface area contributed by atoms with Crippen LogP contribution in [0.15, 0.2) is 67.5 Å². The maximum absolute atomic E-state index is 12.2. The van der Waals surface area contributed by atoms with E-state index in [1.165, 1.54) is 6.33 Å². The molecule has 1 amide bonds. The summed E-state index contributed by atoms with van der Waals surface area (Å²) in [5.74, 6) is -0.0215. The average molecular weight is 346 g/mol. The van der Waals surface area contributed by atoms with Gasteiger partial charge in [0, 0.05) is 18.7 Å². The quantitative estimate of drug-likeness (QED) is 0.582. The number of fused-ring (bicyclic) bond motifs is 1. The van der Waals surface area contributed by atoms with Gasteiger partial charge < -0.3 is 9.88 Å². The fourth-order valence-corrected chi connectivity index (χ4v) is 2.83. The van der Waals surface area contributed by atoms with Crippen molar-refractivity contribution < 1.29 is 4.79 Å². The smallest absolute Gasteiger partial charge is 0.226 e. The first-order valence-electron chi connectivity index (χ1n) is 8.39. The van der Waals surface area contributed by atoms with Crippen LogP contribution in [0.1, 0.15) is 12.0 Å². The number of nitrogens with one attached hydrogen (secondary N) is 1. The number of rotatable bonds is 6. The van der Waals surface area contributed by atoms with Gasteiger partial charge in [0.25, 0.3) is 0 Å². The van der Waals surface area contributed by atoms with Crippen LogP contribution in [0, 0.1) is 0 Å². The molecule has 0 aliphatic heterocycles. The summed E-state index contributed by atoms with van der Waals surface area (Å²) >= 11 is 0. The minimum absolute atomic E-state index is 0.0215. The van der Waals surface area contributed by atoms with Crippen LogP contribution in [-0.2, 0) is 17.9 Å². The van der Waals surface area contributed by atoms with Crippen molar-refractivity contribution in [3.8, 4) is 0 Å². The lowest BCUT2D eigenvalue weighted by atomic mass is 10.2. The monoisotopic (exact) mass is 346 g/mol. The van der Waals surface area contributed by atoms with Crippen molar-refractivity contribution in [3.63, 3.8) is 0 Å². The lowest BCUT2D eigenvalue weighted by molar-refractivity contribution is -0.116. The van der Waals surface area contributed by atoms with Crippen molar-refractivity contribution in [3.05, 3.63) is 73.1 Å². The zero-order valence-corrected chi connectivity index (χ0v) is 14.1. The van der Waals surface area contributed by atoms with Crippen LogP contribution in [0.25, 0.3) is 11.0 Å². The standard InChI is InChI=1S/C19H18N6O/c26-19(9-10-24-14-21-17-3-1-2-4-18(17)24)23-16-7-5-15(6-8-16)11-25-13-20-12-22-25/h1-8,12-14H,9-11H2,(H,23,26). The van der Waals surface area contributed by atoms with Gasteiger partial charge in [-0.2, -0.15) is 5.10 Å². The normalized spacial score (nSPS) is 10.9. The van der Waals surface area contributed by atoms with Gasteiger partial charge in [-0.15, -0.1) is 0 Å². The molecule has 0 bridgehead atoms. The molecule has 0 aliphatic rings. The average Bonchev–Trinajstić information content (AvgIpc) is 3.31. The van der Waals surface area contributed by atoms with Crippen molar-refractivity contribution in [2.45, 2.75) is 19.5 Å². The van der Waals surface area contributed by atoms with Crippen LogP contribution < -0.4 is 5.32 Å². The molecule has 0 radical (unpaired) electrons. The molecule has 0 atom stereocenters. The molecule has 4 aromatic rings.